The number of hydrogen-bond acceptors (Lipinski definition) is 8. The topological polar surface area (TPSA) is 88.8 Å². The molecular weight excluding hydrogens is 380 g/mol. The third-order valence-corrected chi connectivity index (χ3v) is 6.32. The van der Waals surface area contributed by atoms with E-state index >= 15 is 0 Å². The van der Waals surface area contributed by atoms with Crippen LogP contribution >= 0.6 is 0 Å². The largest absolute Gasteiger partial charge is 0.454 e. The fourth-order valence-electron chi connectivity index (χ4n) is 4.61. The highest BCUT2D eigenvalue weighted by atomic mass is 16.7. The number of aromatic nitrogens is 2. The number of ether oxygens (including phenoxy) is 2. The Morgan fingerprint density at radius 2 is 1.80 bits per heavy atom. The fourth-order valence-corrected chi connectivity index (χ4v) is 4.61. The molecule has 0 bridgehead atoms. The fraction of sp³-hybridized carbons (Fsp3) is 0.545. The lowest BCUT2D eigenvalue weighted by atomic mass is 9.95. The standard InChI is InChI=1S/C22H30N6O2/c23-20-21(26-17-4-2-1-3-5-17)24-14-25-22(20)28-10-8-27(9-11-28)13-16-6-7-18-19(12-16)30-15-29-18/h6-7,12,14,17H,1-5,8-11,13,15,23H2,(H,24,25,26). The number of nitrogens with zero attached hydrogens (tertiary/aromatic N) is 4. The second-order valence-corrected chi connectivity index (χ2v) is 8.39. The van der Waals surface area contributed by atoms with Crippen molar-refractivity contribution in [3.05, 3.63) is 30.1 Å². The molecule has 160 valence electrons. The summed E-state index contributed by atoms with van der Waals surface area (Å²) in [6, 6.07) is 6.67. The molecule has 30 heavy (non-hydrogen) atoms. The summed E-state index contributed by atoms with van der Waals surface area (Å²) in [6.45, 7) is 4.93. The van der Waals surface area contributed by atoms with Crippen LogP contribution in [0.3, 0.4) is 0 Å². The molecular formula is C22H30N6O2. The second kappa shape index (κ2) is 8.55. The van der Waals surface area contributed by atoms with Crippen LogP contribution in [0.25, 0.3) is 0 Å². The van der Waals surface area contributed by atoms with Crippen LogP contribution in [0.2, 0.25) is 0 Å². The van der Waals surface area contributed by atoms with Crippen molar-refractivity contribution in [1.29, 1.82) is 0 Å². The highest BCUT2D eigenvalue weighted by molar-refractivity contribution is 5.75. The molecule has 1 aromatic carbocycles. The Labute approximate surface area is 177 Å². The number of piperazine rings is 1. The van der Waals surface area contributed by atoms with Crippen LogP contribution in [-0.2, 0) is 6.54 Å². The predicted octanol–water partition coefficient (Wildman–Crippen LogP) is 2.85. The summed E-state index contributed by atoms with van der Waals surface area (Å²) in [5.74, 6) is 3.32. The maximum atomic E-state index is 6.47. The van der Waals surface area contributed by atoms with Gasteiger partial charge < -0.3 is 25.4 Å². The molecule has 1 saturated carbocycles. The van der Waals surface area contributed by atoms with Crippen molar-refractivity contribution < 1.29 is 9.47 Å². The molecule has 1 aliphatic carbocycles. The van der Waals surface area contributed by atoms with Crippen LogP contribution in [0.4, 0.5) is 17.3 Å². The van der Waals surface area contributed by atoms with Gasteiger partial charge in [-0.05, 0) is 30.5 Å². The predicted molar refractivity (Wildman–Crippen MR) is 117 cm³/mol. The van der Waals surface area contributed by atoms with Gasteiger partial charge in [-0.1, -0.05) is 25.3 Å². The number of nitrogen functional groups attached to an aromatic ring is 1. The molecule has 0 radical (unpaired) electrons. The Hall–Kier alpha value is -2.74. The zero-order chi connectivity index (χ0) is 20.3. The van der Waals surface area contributed by atoms with E-state index in [2.05, 4.69) is 37.2 Å². The molecule has 8 heteroatoms. The number of benzene rings is 1. The van der Waals surface area contributed by atoms with E-state index in [1.54, 1.807) is 6.33 Å². The Morgan fingerprint density at radius 3 is 2.63 bits per heavy atom. The van der Waals surface area contributed by atoms with Gasteiger partial charge in [-0.2, -0.15) is 0 Å². The van der Waals surface area contributed by atoms with Crippen molar-refractivity contribution in [2.45, 2.75) is 44.7 Å². The summed E-state index contributed by atoms with van der Waals surface area (Å²) >= 11 is 0. The second-order valence-electron chi connectivity index (χ2n) is 8.39. The van der Waals surface area contributed by atoms with Crippen LogP contribution < -0.4 is 25.4 Å². The van der Waals surface area contributed by atoms with E-state index < -0.39 is 0 Å². The first-order valence-electron chi connectivity index (χ1n) is 11.0. The Balaban J connectivity index is 1.19. The minimum absolute atomic E-state index is 0.315. The van der Waals surface area contributed by atoms with E-state index in [0.29, 0.717) is 18.5 Å². The Morgan fingerprint density at radius 1 is 1.00 bits per heavy atom. The maximum absolute atomic E-state index is 6.47. The summed E-state index contributed by atoms with van der Waals surface area (Å²) in [6.07, 6.45) is 7.91. The molecule has 1 aromatic heterocycles. The highest BCUT2D eigenvalue weighted by Gasteiger charge is 2.23. The van der Waals surface area contributed by atoms with Gasteiger partial charge in [0.2, 0.25) is 6.79 Å². The first-order chi connectivity index (χ1) is 14.8. The van der Waals surface area contributed by atoms with Gasteiger partial charge in [0.1, 0.15) is 12.0 Å². The third-order valence-electron chi connectivity index (χ3n) is 6.32. The molecule has 2 aromatic rings. The van der Waals surface area contributed by atoms with Crippen molar-refractivity contribution in [3.63, 3.8) is 0 Å². The number of nitrogens with one attached hydrogen (secondary N) is 1. The van der Waals surface area contributed by atoms with E-state index in [1.807, 2.05) is 6.07 Å². The van der Waals surface area contributed by atoms with Gasteiger partial charge in [0.05, 0.1) is 0 Å². The zero-order valence-corrected chi connectivity index (χ0v) is 17.3. The van der Waals surface area contributed by atoms with Crippen LogP contribution in [0.15, 0.2) is 24.5 Å². The lowest BCUT2D eigenvalue weighted by Crippen LogP contribution is -2.46. The van der Waals surface area contributed by atoms with E-state index in [1.165, 1.54) is 37.7 Å². The Bertz CT molecular complexity index is 878. The molecule has 1 saturated heterocycles. The van der Waals surface area contributed by atoms with Gasteiger partial charge in [0, 0.05) is 38.8 Å². The molecule has 0 amide bonds. The summed E-state index contributed by atoms with van der Waals surface area (Å²) in [5, 5.41) is 3.56. The molecule has 2 aliphatic heterocycles. The minimum atomic E-state index is 0.315. The molecule has 3 N–H and O–H groups in total. The zero-order valence-electron chi connectivity index (χ0n) is 17.3. The van der Waals surface area contributed by atoms with Gasteiger partial charge in [0.25, 0.3) is 0 Å². The molecule has 0 unspecified atom stereocenters. The van der Waals surface area contributed by atoms with Crippen molar-refractivity contribution in [3.8, 4) is 11.5 Å². The SMILES string of the molecule is Nc1c(NC2CCCCC2)ncnc1N1CCN(Cc2ccc3c(c2)OCO3)CC1. The molecule has 5 rings (SSSR count). The minimum Gasteiger partial charge on any atom is -0.454 e. The van der Waals surface area contributed by atoms with Crippen molar-refractivity contribution in [2.24, 2.45) is 0 Å². The van der Waals surface area contributed by atoms with Gasteiger partial charge in [0.15, 0.2) is 23.1 Å². The molecule has 0 atom stereocenters. The van der Waals surface area contributed by atoms with Gasteiger partial charge >= 0.3 is 0 Å². The lowest BCUT2D eigenvalue weighted by Gasteiger charge is -2.36. The average molecular weight is 411 g/mol. The lowest BCUT2D eigenvalue weighted by molar-refractivity contribution is 0.174. The summed E-state index contributed by atoms with van der Waals surface area (Å²) < 4.78 is 10.9. The molecule has 3 heterocycles. The van der Waals surface area contributed by atoms with E-state index in [0.717, 1.165) is 55.9 Å². The smallest absolute Gasteiger partial charge is 0.231 e. The molecule has 3 aliphatic rings. The normalized spacial score (nSPS) is 19.8. The van der Waals surface area contributed by atoms with Crippen LogP contribution in [-0.4, -0.2) is 53.9 Å². The number of rotatable bonds is 5. The molecule has 8 nitrogen and oxygen atoms in total. The first kappa shape index (κ1) is 19.2. The van der Waals surface area contributed by atoms with Crippen molar-refractivity contribution >= 4 is 17.3 Å². The van der Waals surface area contributed by atoms with Gasteiger partial charge in [-0.3, -0.25) is 4.90 Å². The van der Waals surface area contributed by atoms with Crippen molar-refractivity contribution in [1.82, 2.24) is 14.9 Å². The van der Waals surface area contributed by atoms with Crippen LogP contribution in [0.5, 0.6) is 11.5 Å². The number of nitrogens with two attached hydrogens (primary N) is 1. The van der Waals surface area contributed by atoms with Gasteiger partial charge in [-0.25, -0.2) is 9.97 Å². The molecule has 2 fully saturated rings. The average Bonchev–Trinajstić information content (AvgIpc) is 3.25. The van der Waals surface area contributed by atoms with E-state index in [9.17, 15) is 0 Å². The monoisotopic (exact) mass is 410 g/mol. The van der Waals surface area contributed by atoms with Gasteiger partial charge in [-0.15, -0.1) is 0 Å². The summed E-state index contributed by atoms with van der Waals surface area (Å²) in [5.41, 5.74) is 8.39. The summed E-state index contributed by atoms with van der Waals surface area (Å²) in [4.78, 5) is 13.7. The maximum Gasteiger partial charge on any atom is 0.231 e. The number of fused-ring (bicyclic) bond motifs is 1. The van der Waals surface area contributed by atoms with Crippen molar-refractivity contribution in [2.75, 3.05) is 48.9 Å². The van der Waals surface area contributed by atoms with Crippen LogP contribution in [0, 0.1) is 0 Å². The third kappa shape index (κ3) is 4.09. The van der Waals surface area contributed by atoms with E-state index in [4.69, 9.17) is 15.2 Å². The van der Waals surface area contributed by atoms with E-state index in [-0.39, 0.29) is 0 Å². The quantitative estimate of drug-likeness (QED) is 0.778. The number of anilines is 3. The number of hydrogen-bond donors (Lipinski definition) is 2. The summed E-state index contributed by atoms with van der Waals surface area (Å²) in [7, 11) is 0. The highest BCUT2D eigenvalue weighted by Crippen LogP contribution is 2.33. The Kier molecular flexibility index (Phi) is 5.48. The first-order valence-corrected chi connectivity index (χ1v) is 11.0. The van der Waals surface area contributed by atoms with Crippen LogP contribution in [0.1, 0.15) is 37.7 Å². The molecule has 0 spiro atoms.